The number of amides is 3. The van der Waals surface area contributed by atoms with Crippen molar-refractivity contribution >= 4 is 35.7 Å². The first-order chi connectivity index (χ1) is 17.2. The van der Waals surface area contributed by atoms with Crippen LogP contribution in [-0.2, 0) is 14.3 Å². The summed E-state index contributed by atoms with van der Waals surface area (Å²) in [6.45, 7) is 17.4. The maximum atomic E-state index is 14.1. The largest absolute Gasteiger partial charge is 0.444 e. The molecular weight excluding hydrogens is 486 g/mol. The lowest BCUT2D eigenvalue weighted by Crippen LogP contribution is -2.55. The van der Waals surface area contributed by atoms with Gasteiger partial charge in [-0.3, -0.25) is 9.59 Å². The zero-order valence-electron chi connectivity index (χ0n) is 24.0. The Bertz CT molecular complexity index is 905. The van der Waals surface area contributed by atoms with Gasteiger partial charge in [-0.2, -0.15) is 11.8 Å². The van der Waals surface area contributed by atoms with Crippen molar-refractivity contribution in [3.63, 3.8) is 0 Å². The third-order valence-electron chi connectivity index (χ3n) is 5.41. The van der Waals surface area contributed by atoms with Crippen molar-refractivity contribution in [1.82, 2.24) is 15.5 Å². The maximum absolute atomic E-state index is 14.1. The molecule has 0 spiro atoms. The van der Waals surface area contributed by atoms with E-state index in [9.17, 15) is 14.4 Å². The van der Waals surface area contributed by atoms with Crippen molar-refractivity contribution in [2.24, 2.45) is 0 Å². The summed E-state index contributed by atoms with van der Waals surface area (Å²) in [5.74, 6) is 0.105. The van der Waals surface area contributed by atoms with Gasteiger partial charge in [-0.1, -0.05) is 50.6 Å². The van der Waals surface area contributed by atoms with Gasteiger partial charge in [0.2, 0.25) is 11.8 Å². The van der Waals surface area contributed by atoms with Crippen LogP contribution in [0.3, 0.4) is 0 Å². The van der Waals surface area contributed by atoms with Crippen molar-refractivity contribution in [2.75, 3.05) is 18.6 Å². The molecule has 8 heteroatoms. The van der Waals surface area contributed by atoms with Gasteiger partial charge in [-0.25, -0.2) is 4.79 Å². The molecule has 0 aliphatic heterocycles. The van der Waals surface area contributed by atoms with E-state index in [0.717, 1.165) is 24.8 Å². The van der Waals surface area contributed by atoms with E-state index in [4.69, 9.17) is 4.74 Å². The van der Waals surface area contributed by atoms with Crippen LogP contribution in [0.2, 0.25) is 0 Å². The number of ether oxygens (including phenoxy) is 1. The highest BCUT2D eigenvalue weighted by molar-refractivity contribution is 7.98. The Morgan fingerprint density at radius 3 is 2.35 bits per heavy atom. The van der Waals surface area contributed by atoms with Gasteiger partial charge >= 0.3 is 6.09 Å². The van der Waals surface area contributed by atoms with E-state index >= 15 is 0 Å². The van der Waals surface area contributed by atoms with Crippen LogP contribution in [0.1, 0.15) is 91.3 Å². The summed E-state index contributed by atoms with van der Waals surface area (Å²) in [6, 6.07) is 5.83. The first-order valence-corrected chi connectivity index (χ1v) is 14.4. The number of alkyl carbamates (subject to hydrolysis) is 1. The lowest BCUT2D eigenvalue weighted by atomic mass is 9.98. The molecule has 0 saturated heterocycles. The van der Waals surface area contributed by atoms with E-state index in [0.29, 0.717) is 24.3 Å². The van der Waals surface area contributed by atoms with E-state index in [1.54, 1.807) is 43.5 Å². The van der Waals surface area contributed by atoms with Crippen LogP contribution >= 0.6 is 11.8 Å². The first kappa shape index (κ1) is 32.5. The van der Waals surface area contributed by atoms with E-state index in [1.165, 1.54) is 0 Å². The second-order valence-electron chi connectivity index (χ2n) is 11.2. The topological polar surface area (TPSA) is 87.7 Å². The number of hydrogen-bond acceptors (Lipinski definition) is 5. The van der Waals surface area contributed by atoms with Gasteiger partial charge in [0, 0.05) is 12.1 Å². The number of nitrogens with zero attached hydrogens (tertiary/aromatic N) is 1. The van der Waals surface area contributed by atoms with Crippen molar-refractivity contribution in [3.8, 4) is 0 Å². The summed E-state index contributed by atoms with van der Waals surface area (Å²) in [7, 11) is 0. The molecule has 0 aliphatic carbocycles. The molecule has 2 N–H and O–H groups in total. The molecule has 0 bridgehead atoms. The molecule has 7 nitrogen and oxygen atoms in total. The minimum Gasteiger partial charge on any atom is -0.444 e. The Kier molecular flexibility index (Phi) is 13.2. The number of rotatable bonds is 13. The fourth-order valence-corrected chi connectivity index (χ4v) is 4.28. The molecular formula is C29H47N3O4S. The van der Waals surface area contributed by atoms with E-state index in [-0.39, 0.29) is 11.8 Å². The highest BCUT2D eigenvalue weighted by Crippen LogP contribution is 2.26. The fraction of sp³-hybridized carbons (Fsp3) is 0.621. The van der Waals surface area contributed by atoms with E-state index < -0.39 is 29.3 Å². The van der Waals surface area contributed by atoms with Crippen LogP contribution in [0, 0.1) is 0 Å². The molecule has 2 atom stereocenters. The predicted molar refractivity (Wildman–Crippen MR) is 155 cm³/mol. The molecule has 0 aliphatic rings. The molecule has 3 amide bonds. The van der Waals surface area contributed by atoms with Gasteiger partial charge in [0.25, 0.3) is 0 Å². The molecule has 208 valence electrons. The zero-order valence-corrected chi connectivity index (χ0v) is 24.8. The van der Waals surface area contributed by atoms with Crippen molar-refractivity contribution in [1.29, 1.82) is 0 Å². The molecule has 1 rings (SSSR count). The average molecular weight is 534 g/mol. The van der Waals surface area contributed by atoms with Crippen LogP contribution in [-0.4, -0.2) is 58.5 Å². The SMILES string of the molecule is C=Cc1cccc(C(C(=O)NC(C)(C)C)N(CCCCC)C(=O)C(CCSC)NC(=O)OC(C)(C)C)c1. The Morgan fingerprint density at radius 2 is 1.81 bits per heavy atom. The van der Waals surface area contributed by atoms with Crippen molar-refractivity contribution in [3.05, 3.63) is 42.0 Å². The molecule has 0 heterocycles. The zero-order chi connectivity index (χ0) is 28.2. The Labute approximate surface area is 228 Å². The predicted octanol–water partition coefficient (Wildman–Crippen LogP) is 5.95. The van der Waals surface area contributed by atoms with Crippen LogP contribution in [0.4, 0.5) is 4.79 Å². The number of nitrogens with one attached hydrogen (secondary N) is 2. The highest BCUT2D eigenvalue weighted by Gasteiger charge is 2.37. The fourth-order valence-electron chi connectivity index (χ4n) is 3.81. The molecule has 0 aromatic heterocycles. The minimum absolute atomic E-state index is 0.264. The maximum Gasteiger partial charge on any atom is 0.408 e. The summed E-state index contributed by atoms with van der Waals surface area (Å²) < 4.78 is 5.45. The molecule has 37 heavy (non-hydrogen) atoms. The highest BCUT2D eigenvalue weighted by atomic mass is 32.2. The van der Waals surface area contributed by atoms with Gasteiger partial charge in [0.1, 0.15) is 17.7 Å². The molecule has 0 saturated carbocycles. The lowest BCUT2D eigenvalue weighted by molar-refractivity contribution is -0.143. The number of carbonyl (C=O) groups is 3. The van der Waals surface area contributed by atoms with Crippen molar-refractivity contribution in [2.45, 2.75) is 97.4 Å². The summed E-state index contributed by atoms with van der Waals surface area (Å²) in [5, 5.41) is 5.84. The number of thioether (sulfide) groups is 1. The van der Waals surface area contributed by atoms with E-state index in [2.05, 4.69) is 24.1 Å². The number of carbonyl (C=O) groups excluding carboxylic acids is 3. The summed E-state index contributed by atoms with van der Waals surface area (Å²) in [4.78, 5) is 42.2. The Balaban J connectivity index is 3.54. The molecule has 0 fully saturated rings. The number of benzene rings is 1. The Morgan fingerprint density at radius 1 is 1.14 bits per heavy atom. The van der Waals surface area contributed by atoms with Gasteiger partial charge in [-0.15, -0.1) is 0 Å². The second-order valence-corrected chi connectivity index (χ2v) is 12.2. The molecule has 0 radical (unpaired) electrons. The van der Waals surface area contributed by atoms with Gasteiger partial charge < -0.3 is 20.3 Å². The van der Waals surface area contributed by atoms with Crippen LogP contribution < -0.4 is 10.6 Å². The third-order valence-corrected chi connectivity index (χ3v) is 6.05. The van der Waals surface area contributed by atoms with Gasteiger partial charge in [0.15, 0.2) is 0 Å². The minimum atomic E-state index is -0.860. The van der Waals surface area contributed by atoms with Crippen molar-refractivity contribution < 1.29 is 19.1 Å². The summed E-state index contributed by atoms with van der Waals surface area (Å²) in [5.41, 5.74) is 0.372. The molecule has 1 aromatic carbocycles. The van der Waals surface area contributed by atoms with Crippen LogP contribution in [0.15, 0.2) is 30.8 Å². The summed E-state index contributed by atoms with van der Waals surface area (Å²) in [6.07, 6.45) is 6.07. The summed E-state index contributed by atoms with van der Waals surface area (Å²) >= 11 is 1.59. The quantitative estimate of drug-likeness (QED) is 0.306. The number of unbranched alkanes of at least 4 members (excludes halogenated alkanes) is 2. The number of hydrogen-bond donors (Lipinski definition) is 2. The van der Waals surface area contributed by atoms with Crippen LogP contribution in [0.5, 0.6) is 0 Å². The van der Waals surface area contributed by atoms with Crippen LogP contribution in [0.25, 0.3) is 6.08 Å². The average Bonchev–Trinajstić information content (AvgIpc) is 2.78. The van der Waals surface area contributed by atoms with Gasteiger partial charge in [-0.05, 0) is 83.6 Å². The Hall–Kier alpha value is -2.48. The normalized spacial score (nSPS) is 13.3. The second kappa shape index (κ2) is 15.1. The van der Waals surface area contributed by atoms with E-state index in [1.807, 2.05) is 51.3 Å². The van der Waals surface area contributed by atoms with Gasteiger partial charge in [0.05, 0.1) is 0 Å². The molecule has 1 aromatic rings. The standard InChI is InChI=1S/C29H47N3O4S/c1-10-12-13-18-32(26(34)23(17-19-37-9)30-27(35)36-29(6,7)8)24(25(33)31-28(3,4)5)22-16-14-15-21(11-2)20-22/h11,14-16,20,23-24H,2,10,12-13,17-19H2,1,3-9H3,(H,30,35)(H,31,33). The lowest BCUT2D eigenvalue weighted by Gasteiger charge is -2.36. The first-order valence-electron chi connectivity index (χ1n) is 13.1. The smallest absolute Gasteiger partial charge is 0.408 e. The third kappa shape index (κ3) is 12.1. The molecule has 2 unspecified atom stereocenters. The monoisotopic (exact) mass is 533 g/mol.